The standard InChI is InChI=1S/C21H17F3N2S/c22-21(23,24)17-10-7-11-18(14-17)25-20(27)26(19-12-5-2-6-13-19)15-16-8-3-1-4-9-16/h1-14H,15H2,(H,25,27). The Morgan fingerprint density at radius 2 is 1.48 bits per heavy atom. The summed E-state index contributed by atoms with van der Waals surface area (Å²) in [5.41, 5.74) is 1.47. The van der Waals surface area contributed by atoms with Gasteiger partial charge in [-0.2, -0.15) is 13.2 Å². The van der Waals surface area contributed by atoms with E-state index in [1.165, 1.54) is 6.07 Å². The van der Waals surface area contributed by atoms with E-state index >= 15 is 0 Å². The van der Waals surface area contributed by atoms with Crippen molar-refractivity contribution < 1.29 is 13.2 Å². The van der Waals surface area contributed by atoms with Gasteiger partial charge in [0.05, 0.1) is 12.1 Å². The van der Waals surface area contributed by atoms with Crippen molar-refractivity contribution >= 4 is 28.7 Å². The third-order valence-corrected chi connectivity index (χ3v) is 4.26. The molecule has 6 heteroatoms. The van der Waals surface area contributed by atoms with E-state index in [4.69, 9.17) is 12.2 Å². The topological polar surface area (TPSA) is 15.3 Å². The predicted octanol–water partition coefficient (Wildman–Crippen LogP) is 6.11. The number of para-hydroxylation sites is 1. The molecule has 0 amide bonds. The summed E-state index contributed by atoms with van der Waals surface area (Å²) in [4.78, 5) is 1.85. The van der Waals surface area contributed by atoms with Crippen molar-refractivity contribution in [1.29, 1.82) is 0 Å². The van der Waals surface area contributed by atoms with Crippen LogP contribution in [0.15, 0.2) is 84.9 Å². The van der Waals surface area contributed by atoms with Crippen molar-refractivity contribution in [2.45, 2.75) is 12.7 Å². The Hall–Kier alpha value is -2.86. The number of nitrogens with zero attached hydrogens (tertiary/aromatic N) is 1. The second kappa shape index (κ2) is 8.22. The second-order valence-electron chi connectivity index (χ2n) is 5.92. The molecule has 0 bridgehead atoms. The summed E-state index contributed by atoms with van der Waals surface area (Å²) in [5, 5.41) is 3.25. The van der Waals surface area contributed by atoms with Gasteiger partial charge in [0, 0.05) is 11.4 Å². The van der Waals surface area contributed by atoms with Crippen LogP contribution in [-0.2, 0) is 12.7 Å². The molecule has 0 saturated carbocycles. The lowest BCUT2D eigenvalue weighted by Gasteiger charge is -2.26. The summed E-state index contributed by atoms with van der Waals surface area (Å²) in [6, 6.07) is 24.2. The molecule has 138 valence electrons. The molecule has 0 spiro atoms. The van der Waals surface area contributed by atoms with E-state index in [1.807, 2.05) is 65.6 Å². The van der Waals surface area contributed by atoms with Gasteiger partial charge in [0.2, 0.25) is 0 Å². The first-order valence-corrected chi connectivity index (χ1v) is 8.69. The van der Waals surface area contributed by atoms with E-state index in [9.17, 15) is 13.2 Å². The van der Waals surface area contributed by atoms with Crippen LogP contribution >= 0.6 is 12.2 Å². The number of nitrogens with one attached hydrogen (secondary N) is 1. The second-order valence-corrected chi connectivity index (χ2v) is 6.30. The molecule has 0 aliphatic rings. The minimum Gasteiger partial charge on any atom is -0.332 e. The maximum absolute atomic E-state index is 12.9. The number of thiocarbonyl (C=S) groups is 1. The predicted molar refractivity (Wildman–Crippen MR) is 107 cm³/mol. The van der Waals surface area contributed by atoms with Gasteiger partial charge >= 0.3 is 6.18 Å². The van der Waals surface area contributed by atoms with Gasteiger partial charge in [-0.05, 0) is 48.1 Å². The van der Waals surface area contributed by atoms with Gasteiger partial charge in [-0.1, -0.05) is 54.6 Å². The summed E-state index contributed by atoms with van der Waals surface area (Å²) >= 11 is 5.51. The maximum Gasteiger partial charge on any atom is 0.416 e. The zero-order valence-corrected chi connectivity index (χ0v) is 15.1. The Bertz CT molecular complexity index is 896. The van der Waals surface area contributed by atoms with Gasteiger partial charge in [0.15, 0.2) is 5.11 Å². The average Bonchev–Trinajstić information content (AvgIpc) is 2.67. The fraction of sp³-hybridized carbons (Fsp3) is 0.0952. The molecule has 0 atom stereocenters. The van der Waals surface area contributed by atoms with E-state index in [1.54, 1.807) is 6.07 Å². The van der Waals surface area contributed by atoms with Crippen molar-refractivity contribution in [3.8, 4) is 0 Å². The van der Waals surface area contributed by atoms with Crippen LogP contribution in [0.4, 0.5) is 24.5 Å². The van der Waals surface area contributed by atoms with Crippen molar-refractivity contribution in [2.24, 2.45) is 0 Å². The molecule has 0 aliphatic heterocycles. The van der Waals surface area contributed by atoms with Crippen molar-refractivity contribution in [3.63, 3.8) is 0 Å². The molecular weight excluding hydrogens is 369 g/mol. The van der Waals surface area contributed by atoms with Gasteiger partial charge in [-0.15, -0.1) is 0 Å². The highest BCUT2D eigenvalue weighted by molar-refractivity contribution is 7.80. The van der Waals surface area contributed by atoms with E-state index < -0.39 is 11.7 Å². The summed E-state index contributed by atoms with van der Waals surface area (Å²) in [6.07, 6.45) is -4.40. The summed E-state index contributed by atoms with van der Waals surface area (Å²) in [5.74, 6) is 0. The number of alkyl halides is 3. The fourth-order valence-electron chi connectivity index (χ4n) is 2.62. The molecule has 1 N–H and O–H groups in total. The zero-order valence-electron chi connectivity index (χ0n) is 14.3. The number of halogens is 3. The van der Waals surface area contributed by atoms with Gasteiger partial charge < -0.3 is 10.2 Å². The van der Waals surface area contributed by atoms with E-state index in [-0.39, 0.29) is 0 Å². The lowest BCUT2D eigenvalue weighted by molar-refractivity contribution is -0.137. The van der Waals surface area contributed by atoms with Crippen LogP contribution in [0.1, 0.15) is 11.1 Å². The van der Waals surface area contributed by atoms with Gasteiger partial charge in [0.25, 0.3) is 0 Å². The molecule has 27 heavy (non-hydrogen) atoms. The van der Waals surface area contributed by atoms with Gasteiger partial charge in [0.1, 0.15) is 0 Å². The summed E-state index contributed by atoms with van der Waals surface area (Å²) < 4.78 is 38.8. The minimum absolute atomic E-state index is 0.295. The molecule has 0 aliphatic carbocycles. The minimum atomic E-state index is -4.40. The first-order chi connectivity index (χ1) is 12.9. The molecule has 3 aromatic carbocycles. The quantitative estimate of drug-likeness (QED) is 0.545. The van der Waals surface area contributed by atoms with E-state index in [0.717, 1.165) is 23.4 Å². The SMILES string of the molecule is FC(F)(F)c1cccc(NC(=S)N(Cc2ccccc2)c2ccccc2)c1. The maximum atomic E-state index is 12.9. The monoisotopic (exact) mass is 386 g/mol. The third-order valence-electron chi connectivity index (χ3n) is 3.94. The van der Waals surface area contributed by atoms with Crippen molar-refractivity contribution in [3.05, 3.63) is 96.1 Å². The Morgan fingerprint density at radius 1 is 0.852 bits per heavy atom. The highest BCUT2D eigenvalue weighted by Crippen LogP contribution is 2.31. The molecule has 0 aromatic heterocycles. The first kappa shape index (κ1) is 18.9. The lowest BCUT2D eigenvalue weighted by atomic mass is 10.2. The van der Waals surface area contributed by atoms with Crippen LogP contribution in [0.2, 0.25) is 0 Å². The molecule has 3 aromatic rings. The van der Waals surface area contributed by atoms with Gasteiger partial charge in [-0.25, -0.2) is 0 Å². The largest absolute Gasteiger partial charge is 0.416 e. The Kier molecular flexibility index (Phi) is 5.76. The summed E-state index contributed by atoms with van der Waals surface area (Å²) in [6.45, 7) is 0.496. The fourth-order valence-corrected chi connectivity index (χ4v) is 2.91. The Labute approximate surface area is 161 Å². The third kappa shape index (κ3) is 5.08. The first-order valence-electron chi connectivity index (χ1n) is 8.28. The van der Waals surface area contributed by atoms with Crippen LogP contribution in [0.5, 0.6) is 0 Å². The van der Waals surface area contributed by atoms with Crippen molar-refractivity contribution in [1.82, 2.24) is 0 Å². The number of rotatable bonds is 4. The van der Waals surface area contributed by atoms with Crippen LogP contribution < -0.4 is 10.2 Å². The molecule has 0 fully saturated rings. The number of benzene rings is 3. The van der Waals surface area contributed by atoms with Gasteiger partial charge in [-0.3, -0.25) is 0 Å². The molecular formula is C21H17F3N2S. The molecule has 2 nitrogen and oxygen atoms in total. The molecule has 3 rings (SSSR count). The zero-order chi connectivity index (χ0) is 19.3. The number of hydrogen-bond acceptors (Lipinski definition) is 1. The van der Waals surface area contributed by atoms with Crippen LogP contribution in [-0.4, -0.2) is 5.11 Å². The normalized spacial score (nSPS) is 11.1. The Balaban J connectivity index is 1.85. The Morgan fingerprint density at radius 3 is 2.11 bits per heavy atom. The number of anilines is 2. The molecule has 0 radical (unpaired) electrons. The molecule has 0 unspecified atom stereocenters. The van der Waals surface area contributed by atoms with Crippen molar-refractivity contribution in [2.75, 3.05) is 10.2 Å². The molecule has 0 saturated heterocycles. The molecule has 0 heterocycles. The smallest absolute Gasteiger partial charge is 0.332 e. The van der Waals surface area contributed by atoms with Crippen LogP contribution in [0.3, 0.4) is 0 Å². The summed E-state index contributed by atoms with van der Waals surface area (Å²) in [7, 11) is 0. The highest BCUT2D eigenvalue weighted by Gasteiger charge is 2.30. The average molecular weight is 386 g/mol. The van der Waals surface area contributed by atoms with Crippen LogP contribution in [0.25, 0.3) is 0 Å². The highest BCUT2D eigenvalue weighted by atomic mass is 32.1. The van der Waals surface area contributed by atoms with E-state index in [0.29, 0.717) is 17.3 Å². The lowest BCUT2D eigenvalue weighted by Crippen LogP contribution is -2.34. The van der Waals surface area contributed by atoms with E-state index in [2.05, 4.69) is 5.32 Å². The number of hydrogen-bond donors (Lipinski definition) is 1. The van der Waals surface area contributed by atoms with Crippen LogP contribution in [0, 0.1) is 0 Å².